The molecule has 0 unspecified atom stereocenters. The summed E-state index contributed by atoms with van der Waals surface area (Å²) in [7, 11) is 0. The lowest BCUT2D eigenvalue weighted by Gasteiger charge is -2.21. The number of imidazole rings is 1. The van der Waals surface area contributed by atoms with Crippen LogP contribution in [0.4, 0.5) is 11.8 Å². The van der Waals surface area contributed by atoms with Crippen LogP contribution in [0.3, 0.4) is 0 Å². The van der Waals surface area contributed by atoms with Crippen molar-refractivity contribution in [2.24, 2.45) is 0 Å². The quantitative estimate of drug-likeness (QED) is 0.735. The Hall–Kier alpha value is -2.38. The highest BCUT2D eigenvalue weighted by molar-refractivity contribution is 5.85. The molecule has 8 nitrogen and oxygen atoms in total. The zero-order valence-electron chi connectivity index (χ0n) is 11.3. The van der Waals surface area contributed by atoms with E-state index in [9.17, 15) is 4.79 Å². The number of carbonyl (C=O) groups is 1. The number of hydrogen-bond acceptors (Lipinski definition) is 6. The number of rotatable bonds is 3. The van der Waals surface area contributed by atoms with Crippen molar-refractivity contribution in [2.45, 2.75) is 13.3 Å². The van der Waals surface area contributed by atoms with E-state index in [2.05, 4.69) is 35.5 Å². The van der Waals surface area contributed by atoms with E-state index in [0.29, 0.717) is 31.1 Å². The van der Waals surface area contributed by atoms with Crippen molar-refractivity contribution in [3.05, 3.63) is 6.33 Å². The van der Waals surface area contributed by atoms with E-state index in [1.807, 2.05) is 6.92 Å². The Balaban J connectivity index is 1.99. The number of nitrogens with one attached hydrogen (secondary N) is 3. The molecule has 106 valence electrons. The molecule has 20 heavy (non-hydrogen) atoms. The molecule has 0 saturated carbocycles. The molecule has 2 aromatic rings. The van der Waals surface area contributed by atoms with Crippen LogP contribution in [0.1, 0.15) is 13.3 Å². The van der Waals surface area contributed by atoms with Crippen molar-refractivity contribution < 1.29 is 4.79 Å². The van der Waals surface area contributed by atoms with Gasteiger partial charge in [0.25, 0.3) is 0 Å². The van der Waals surface area contributed by atoms with E-state index < -0.39 is 0 Å². The van der Waals surface area contributed by atoms with Gasteiger partial charge in [0.1, 0.15) is 5.52 Å². The Kier molecular flexibility index (Phi) is 3.36. The molecule has 0 radical (unpaired) electrons. The molecule has 3 N–H and O–H groups in total. The number of amides is 1. The number of carbonyl (C=O) groups excluding carboxylic acids is 1. The van der Waals surface area contributed by atoms with Gasteiger partial charge in [-0.3, -0.25) is 4.79 Å². The maximum Gasteiger partial charge on any atom is 0.226 e. The van der Waals surface area contributed by atoms with E-state index in [1.54, 1.807) is 6.33 Å². The van der Waals surface area contributed by atoms with Crippen LogP contribution in [-0.4, -0.2) is 52.0 Å². The molecule has 0 aliphatic carbocycles. The molecule has 1 aliphatic heterocycles. The van der Waals surface area contributed by atoms with Crippen molar-refractivity contribution in [1.29, 1.82) is 0 Å². The van der Waals surface area contributed by atoms with Crippen LogP contribution < -0.4 is 15.5 Å². The van der Waals surface area contributed by atoms with Crippen LogP contribution in [0.2, 0.25) is 0 Å². The van der Waals surface area contributed by atoms with Crippen molar-refractivity contribution >= 4 is 28.8 Å². The summed E-state index contributed by atoms with van der Waals surface area (Å²) in [4.78, 5) is 29.7. The van der Waals surface area contributed by atoms with Crippen molar-refractivity contribution in [1.82, 2.24) is 25.3 Å². The minimum Gasteiger partial charge on any atom is -0.354 e. The summed E-state index contributed by atoms with van der Waals surface area (Å²) in [5, 5.41) is 5.97. The SMILES string of the molecule is CCNc1nc(N2CCNC(=O)CC2)c2[nH]cnc2n1. The summed E-state index contributed by atoms with van der Waals surface area (Å²) in [6.07, 6.45) is 2.08. The number of H-pyrrole nitrogens is 1. The van der Waals surface area contributed by atoms with Gasteiger partial charge in [-0.25, -0.2) is 4.98 Å². The van der Waals surface area contributed by atoms with E-state index in [4.69, 9.17) is 0 Å². The highest BCUT2D eigenvalue weighted by atomic mass is 16.1. The second-order valence-electron chi connectivity index (χ2n) is 4.59. The van der Waals surface area contributed by atoms with Crippen molar-refractivity contribution in [3.63, 3.8) is 0 Å². The minimum atomic E-state index is 0.0781. The third-order valence-corrected chi connectivity index (χ3v) is 3.21. The number of anilines is 2. The van der Waals surface area contributed by atoms with Crippen LogP contribution in [0, 0.1) is 0 Å². The number of aromatic amines is 1. The Morgan fingerprint density at radius 1 is 1.40 bits per heavy atom. The highest BCUT2D eigenvalue weighted by Crippen LogP contribution is 2.23. The maximum absolute atomic E-state index is 11.4. The average Bonchev–Trinajstić information content (AvgIpc) is 2.80. The van der Waals surface area contributed by atoms with Gasteiger partial charge < -0.3 is 20.5 Å². The molecule has 8 heteroatoms. The monoisotopic (exact) mass is 275 g/mol. The summed E-state index contributed by atoms with van der Waals surface area (Å²) in [6, 6.07) is 0. The van der Waals surface area contributed by atoms with Gasteiger partial charge in [0.05, 0.1) is 6.33 Å². The topological polar surface area (TPSA) is 98.8 Å². The van der Waals surface area contributed by atoms with Gasteiger partial charge in [-0.05, 0) is 6.92 Å². The number of fused-ring (bicyclic) bond motifs is 1. The standard InChI is InChI=1S/C12H17N7O/c1-2-13-12-17-10-9(15-7-16-10)11(18-12)19-5-3-8(20)14-4-6-19/h7H,2-6H2,1H3,(H,14,20)(H2,13,15,16,17,18). The Morgan fingerprint density at radius 3 is 3.15 bits per heavy atom. The first-order valence-corrected chi connectivity index (χ1v) is 6.74. The molecule has 1 fully saturated rings. The average molecular weight is 275 g/mol. The van der Waals surface area contributed by atoms with Gasteiger partial charge >= 0.3 is 0 Å². The third-order valence-electron chi connectivity index (χ3n) is 3.21. The van der Waals surface area contributed by atoms with Gasteiger partial charge in [-0.1, -0.05) is 0 Å². The number of aromatic nitrogens is 4. The fourth-order valence-corrected chi connectivity index (χ4v) is 2.26. The zero-order chi connectivity index (χ0) is 13.9. The molecule has 0 atom stereocenters. The predicted octanol–water partition coefficient (Wildman–Crippen LogP) is 0.111. The molecule has 1 aliphatic rings. The summed E-state index contributed by atoms with van der Waals surface area (Å²) < 4.78 is 0. The lowest BCUT2D eigenvalue weighted by Crippen LogP contribution is -2.29. The maximum atomic E-state index is 11.4. The summed E-state index contributed by atoms with van der Waals surface area (Å²) in [6.45, 7) is 4.72. The van der Waals surface area contributed by atoms with E-state index in [1.165, 1.54) is 0 Å². The highest BCUT2D eigenvalue weighted by Gasteiger charge is 2.19. The second-order valence-corrected chi connectivity index (χ2v) is 4.59. The summed E-state index contributed by atoms with van der Waals surface area (Å²) in [5.41, 5.74) is 1.44. The first-order valence-electron chi connectivity index (χ1n) is 6.74. The smallest absolute Gasteiger partial charge is 0.226 e. The van der Waals surface area contributed by atoms with E-state index >= 15 is 0 Å². The second kappa shape index (κ2) is 5.32. The molecule has 3 rings (SSSR count). The Bertz CT molecular complexity index is 623. The Labute approximate surface area is 116 Å². The van der Waals surface area contributed by atoms with Crippen LogP contribution in [0.5, 0.6) is 0 Å². The molecular weight excluding hydrogens is 258 g/mol. The van der Waals surface area contributed by atoms with E-state index in [0.717, 1.165) is 24.4 Å². The molecular formula is C12H17N7O. The fourth-order valence-electron chi connectivity index (χ4n) is 2.26. The van der Waals surface area contributed by atoms with Crippen LogP contribution in [-0.2, 0) is 4.79 Å². The van der Waals surface area contributed by atoms with Crippen LogP contribution >= 0.6 is 0 Å². The lowest BCUT2D eigenvalue weighted by molar-refractivity contribution is -0.120. The summed E-state index contributed by atoms with van der Waals surface area (Å²) >= 11 is 0. The van der Waals surface area contributed by atoms with Gasteiger partial charge in [-0.15, -0.1) is 0 Å². The molecule has 2 aromatic heterocycles. The van der Waals surface area contributed by atoms with Gasteiger partial charge in [0.2, 0.25) is 11.9 Å². The van der Waals surface area contributed by atoms with Gasteiger partial charge in [-0.2, -0.15) is 9.97 Å². The number of hydrogen-bond donors (Lipinski definition) is 3. The number of nitrogens with zero attached hydrogens (tertiary/aromatic N) is 4. The first kappa shape index (κ1) is 12.6. The van der Waals surface area contributed by atoms with Crippen LogP contribution in [0.25, 0.3) is 11.2 Å². The van der Waals surface area contributed by atoms with E-state index in [-0.39, 0.29) is 5.91 Å². The van der Waals surface area contributed by atoms with Crippen LogP contribution in [0.15, 0.2) is 6.33 Å². The fraction of sp³-hybridized carbons (Fsp3) is 0.500. The lowest BCUT2D eigenvalue weighted by atomic mass is 10.3. The van der Waals surface area contributed by atoms with Crippen molar-refractivity contribution in [3.8, 4) is 0 Å². The normalized spacial score (nSPS) is 16.1. The minimum absolute atomic E-state index is 0.0781. The Morgan fingerprint density at radius 2 is 2.30 bits per heavy atom. The molecule has 0 spiro atoms. The predicted molar refractivity (Wildman–Crippen MR) is 75.7 cm³/mol. The van der Waals surface area contributed by atoms with Gasteiger partial charge in [0.15, 0.2) is 11.5 Å². The zero-order valence-corrected chi connectivity index (χ0v) is 11.3. The summed E-state index contributed by atoms with van der Waals surface area (Å²) in [5.74, 6) is 1.43. The van der Waals surface area contributed by atoms with Gasteiger partial charge in [0, 0.05) is 32.6 Å². The molecule has 3 heterocycles. The molecule has 0 bridgehead atoms. The third kappa shape index (κ3) is 2.36. The molecule has 1 amide bonds. The molecule has 1 saturated heterocycles. The first-order chi connectivity index (χ1) is 9.78. The largest absolute Gasteiger partial charge is 0.354 e. The van der Waals surface area contributed by atoms with Crippen molar-refractivity contribution in [2.75, 3.05) is 36.4 Å². The molecule has 0 aromatic carbocycles.